The molecule has 8 heteroatoms. The number of ether oxygens (including phenoxy) is 2. The average molecular weight is 393 g/mol. The van der Waals surface area contributed by atoms with Crippen molar-refractivity contribution in [3.8, 4) is 11.5 Å². The first kappa shape index (κ1) is 15.6. The zero-order valence-electron chi connectivity index (χ0n) is 10.3. The third-order valence-electron chi connectivity index (χ3n) is 1.89. The molecule has 0 bridgehead atoms. The summed E-state index contributed by atoms with van der Waals surface area (Å²) in [4.78, 5) is 11.0. The fourth-order valence-corrected chi connectivity index (χ4v) is 2.02. The molecule has 0 fully saturated rings. The van der Waals surface area contributed by atoms with Crippen molar-refractivity contribution in [3.63, 3.8) is 0 Å². The number of hydrogen-bond acceptors (Lipinski definition) is 5. The lowest BCUT2D eigenvalue weighted by Crippen LogP contribution is -2.24. The van der Waals surface area contributed by atoms with Gasteiger partial charge in [-0.05, 0) is 52.5 Å². The van der Waals surface area contributed by atoms with Gasteiger partial charge in [0.2, 0.25) is 0 Å². The van der Waals surface area contributed by atoms with Crippen LogP contribution in [0.3, 0.4) is 0 Å². The molecule has 0 aliphatic heterocycles. The molecule has 0 radical (unpaired) electrons. The molecule has 0 amide bonds. The number of methoxy groups -OCH3 is 1. The Balaban J connectivity index is 3.05. The van der Waals surface area contributed by atoms with Crippen LogP contribution in [0.15, 0.2) is 17.2 Å². The Morgan fingerprint density at radius 1 is 1.58 bits per heavy atom. The van der Waals surface area contributed by atoms with Crippen molar-refractivity contribution in [2.45, 2.75) is 6.92 Å². The topological polar surface area (TPSA) is 85.9 Å². The monoisotopic (exact) mass is 393 g/mol. The first-order chi connectivity index (χ1) is 8.93. The Kier molecular flexibility index (Phi) is 5.96. The summed E-state index contributed by atoms with van der Waals surface area (Å²) in [6.45, 7) is 1.33. The highest BCUT2D eigenvalue weighted by Crippen LogP contribution is 2.33. The Hall–Kier alpha value is -1.42. The van der Waals surface area contributed by atoms with Gasteiger partial charge >= 0.3 is 5.97 Å². The molecule has 1 aromatic carbocycles. The van der Waals surface area contributed by atoms with Gasteiger partial charge in [0.05, 0.1) is 16.9 Å². The number of nitrogens with one attached hydrogen (secondary N) is 1. The maximum absolute atomic E-state index is 11.0. The van der Waals surface area contributed by atoms with E-state index in [2.05, 4.69) is 22.7 Å². The number of rotatable bonds is 4. The number of hydrazone groups is 1. The summed E-state index contributed by atoms with van der Waals surface area (Å²) in [6.07, 6.45) is 1.53. The van der Waals surface area contributed by atoms with Crippen molar-refractivity contribution in [2.24, 2.45) is 10.8 Å². The minimum Gasteiger partial charge on any atom is -0.493 e. The number of carbonyl (C=O) groups is 1. The average Bonchev–Trinajstić information content (AvgIpc) is 2.31. The smallest absolute Gasteiger partial charge is 0.308 e. The summed E-state index contributed by atoms with van der Waals surface area (Å²) >= 11 is 6.67. The summed E-state index contributed by atoms with van der Waals surface area (Å²) in [7, 11) is 1.49. The van der Waals surface area contributed by atoms with E-state index in [4.69, 9.17) is 15.2 Å². The van der Waals surface area contributed by atoms with Crippen LogP contribution in [-0.4, -0.2) is 24.4 Å². The fraction of sp³-hybridized carbons (Fsp3) is 0.182. The number of nitrogens with zero attached hydrogens (tertiary/aromatic N) is 1. The molecule has 0 saturated heterocycles. The molecule has 0 saturated carbocycles. The van der Waals surface area contributed by atoms with Gasteiger partial charge in [0, 0.05) is 6.92 Å². The van der Waals surface area contributed by atoms with Crippen LogP contribution in [-0.2, 0) is 4.79 Å². The minimum atomic E-state index is -0.409. The maximum atomic E-state index is 11.0. The van der Waals surface area contributed by atoms with Crippen molar-refractivity contribution in [1.29, 1.82) is 0 Å². The van der Waals surface area contributed by atoms with Gasteiger partial charge in [0.1, 0.15) is 0 Å². The Morgan fingerprint density at radius 3 is 2.79 bits per heavy atom. The van der Waals surface area contributed by atoms with E-state index in [1.807, 2.05) is 22.6 Å². The van der Waals surface area contributed by atoms with Crippen molar-refractivity contribution in [1.82, 2.24) is 5.43 Å². The van der Waals surface area contributed by atoms with Crippen molar-refractivity contribution >= 4 is 52.1 Å². The van der Waals surface area contributed by atoms with Gasteiger partial charge < -0.3 is 15.2 Å². The molecule has 0 spiro atoms. The Morgan fingerprint density at radius 2 is 2.26 bits per heavy atom. The van der Waals surface area contributed by atoms with Crippen molar-refractivity contribution in [2.75, 3.05) is 7.11 Å². The van der Waals surface area contributed by atoms with E-state index in [1.54, 1.807) is 12.1 Å². The van der Waals surface area contributed by atoms with Gasteiger partial charge in [-0.25, -0.2) is 0 Å². The maximum Gasteiger partial charge on any atom is 0.308 e. The van der Waals surface area contributed by atoms with Crippen LogP contribution in [0.25, 0.3) is 0 Å². The van der Waals surface area contributed by atoms with Gasteiger partial charge in [-0.2, -0.15) is 5.10 Å². The number of esters is 1. The summed E-state index contributed by atoms with van der Waals surface area (Å²) in [5, 5.41) is 3.92. The van der Waals surface area contributed by atoms with Crippen LogP contribution in [0.1, 0.15) is 12.5 Å². The SMILES string of the molecule is COc1cc(C=NNC(N)=S)cc(I)c1OC(C)=O. The number of halogens is 1. The molecule has 1 rings (SSSR count). The first-order valence-electron chi connectivity index (χ1n) is 5.08. The molecular formula is C11H12IN3O3S. The second-order valence-electron chi connectivity index (χ2n) is 3.36. The zero-order valence-corrected chi connectivity index (χ0v) is 13.2. The van der Waals surface area contributed by atoms with Crippen LogP contribution in [0.4, 0.5) is 0 Å². The lowest BCUT2D eigenvalue weighted by molar-refractivity contribution is -0.132. The summed E-state index contributed by atoms with van der Waals surface area (Å²) in [6, 6.07) is 3.47. The molecule has 3 N–H and O–H groups in total. The quantitative estimate of drug-likeness (QED) is 0.201. The molecule has 19 heavy (non-hydrogen) atoms. The number of thiocarbonyl (C=S) groups is 1. The predicted octanol–water partition coefficient (Wildman–Crippen LogP) is 1.39. The largest absolute Gasteiger partial charge is 0.493 e. The van der Waals surface area contributed by atoms with E-state index >= 15 is 0 Å². The molecule has 0 unspecified atom stereocenters. The van der Waals surface area contributed by atoms with Gasteiger partial charge in [-0.3, -0.25) is 10.2 Å². The fourth-order valence-electron chi connectivity index (χ4n) is 1.23. The van der Waals surface area contributed by atoms with E-state index in [-0.39, 0.29) is 5.11 Å². The highest BCUT2D eigenvalue weighted by Gasteiger charge is 2.12. The molecule has 0 aliphatic rings. The van der Waals surface area contributed by atoms with Crippen molar-refractivity contribution < 1.29 is 14.3 Å². The molecule has 0 atom stereocenters. The van der Waals surface area contributed by atoms with Gasteiger partial charge in [0.15, 0.2) is 16.6 Å². The zero-order chi connectivity index (χ0) is 14.4. The third kappa shape index (κ3) is 4.99. The van der Waals surface area contributed by atoms with E-state index < -0.39 is 5.97 Å². The molecule has 6 nitrogen and oxygen atoms in total. The normalized spacial score (nSPS) is 10.3. The van der Waals surface area contributed by atoms with Crippen LogP contribution < -0.4 is 20.6 Å². The highest BCUT2D eigenvalue weighted by atomic mass is 127. The molecule has 0 aromatic heterocycles. The van der Waals surface area contributed by atoms with E-state index in [1.165, 1.54) is 20.2 Å². The highest BCUT2D eigenvalue weighted by molar-refractivity contribution is 14.1. The summed E-state index contributed by atoms with van der Waals surface area (Å²) in [5.74, 6) is 0.418. The van der Waals surface area contributed by atoms with Gasteiger partial charge in [-0.1, -0.05) is 0 Å². The number of benzene rings is 1. The number of carbonyl (C=O) groups excluding carboxylic acids is 1. The van der Waals surface area contributed by atoms with E-state index in [9.17, 15) is 4.79 Å². The first-order valence-corrected chi connectivity index (χ1v) is 6.57. The number of hydrogen-bond donors (Lipinski definition) is 2. The molecule has 102 valence electrons. The van der Waals surface area contributed by atoms with Crippen molar-refractivity contribution in [3.05, 3.63) is 21.3 Å². The summed E-state index contributed by atoms with van der Waals surface area (Å²) in [5.41, 5.74) is 8.44. The third-order valence-corrected chi connectivity index (χ3v) is 2.78. The Labute approximate surface area is 129 Å². The van der Waals surface area contributed by atoms with E-state index in [0.717, 1.165) is 9.13 Å². The van der Waals surface area contributed by atoms with Crippen LogP contribution >= 0.6 is 34.8 Å². The van der Waals surface area contributed by atoms with Crippen LogP contribution in [0.5, 0.6) is 11.5 Å². The van der Waals surface area contributed by atoms with Crippen LogP contribution in [0, 0.1) is 3.57 Å². The van der Waals surface area contributed by atoms with E-state index in [0.29, 0.717) is 11.5 Å². The number of nitrogens with two attached hydrogens (primary N) is 1. The summed E-state index contributed by atoms with van der Waals surface area (Å²) < 4.78 is 11.0. The van der Waals surface area contributed by atoms with Crippen LogP contribution in [0.2, 0.25) is 0 Å². The lowest BCUT2D eigenvalue weighted by atomic mass is 10.2. The molecule has 1 aromatic rings. The van der Waals surface area contributed by atoms with Gasteiger partial charge in [-0.15, -0.1) is 0 Å². The molecular weight excluding hydrogens is 381 g/mol. The molecule has 0 aliphatic carbocycles. The second kappa shape index (κ2) is 7.24. The standard InChI is InChI=1S/C11H12IN3O3S/c1-6(16)18-10-8(12)3-7(4-9(10)17-2)5-14-15-11(13)19/h3-5H,1-2H3,(H3,13,15,19). The lowest BCUT2D eigenvalue weighted by Gasteiger charge is -2.10. The second-order valence-corrected chi connectivity index (χ2v) is 4.96. The predicted molar refractivity (Wildman–Crippen MR) is 84.5 cm³/mol. The van der Waals surface area contributed by atoms with Gasteiger partial charge in [0.25, 0.3) is 0 Å². The minimum absolute atomic E-state index is 0.0782. The Bertz CT molecular complexity index is 534. The molecule has 0 heterocycles.